The van der Waals surface area contributed by atoms with Gasteiger partial charge < -0.3 is 10.6 Å². The highest BCUT2D eigenvalue weighted by Gasteiger charge is 2.31. The van der Waals surface area contributed by atoms with Gasteiger partial charge in [-0.2, -0.15) is 5.10 Å². The number of nitrogens with one attached hydrogen (secondary N) is 2. The van der Waals surface area contributed by atoms with Crippen molar-refractivity contribution in [1.29, 1.82) is 0 Å². The van der Waals surface area contributed by atoms with E-state index in [-0.39, 0.29) is 17.9 Å². The Morgan fingerprint density at radius 1 is 1.10 bits per heavy atom. The maximum atomic E-state index is 13.5. The molecule has 0 aliphatic heterocycles. The fourth-order valence-corrected chi connectivity index (χ4v) is 5.40. The zero-order valence-corrected chi connectivity index (χ0v) is 22.3. The number of amides is 2. The van der Waals surface area contributed by atoms with Crippen LogP contribution in [0.4, 0.5) is 9.18 Å². The van der Waals surface area contributed by atoms with E-state index in [1.54, 1.807) is 24.5 Å². The summed E-state index contributed by atoms with van der Waals surface area (Å²) >= 11 is 0. The maximum Gasteiger partial charge on any atom is 0.315 e. The maximum absolute atomic E-state index is 13.5. The van der Waals surface area contributed by atoms with Crippen LogP contribution >= 0.6 is 0 Å². The van der Waals surface area contributed by atoms with Gasteiger partial charge in [-0.25, -0.2) is 13.9 Å². The number of urea groups is 1. The highest BCUT2D eigenvalue weighted by molar-refractivity contribution is 5.74. The van der Waals surface area contributed by atoms with Crippen LogP contribution in [0.25, 0.3) is 11.8 Å². The predicted octanol–water partition coefficient (Wildman–Crippen LogP) is 6.78. The molecular formula is C32H34FN5O. The van der Waals surface area contributed by atoms with Gasteiger partial charge in [-0.15, -0.1) is 0 Å². The fraction of sp³-hybridized carbons (Fsp3) is 0.281. The minimum atomic E-state index is -0.262. The van der Waals surface area contributed by atoms with Crippen molar-refractivity contribution in [3.8, 4) is 5.69 Å². The first kappa shape index (κ1) is 26.4. The van der Waals surface area contributed by atoms with Crippen molar-refractivity contribution >= 4 is 12.1 Å². The van der Waals surface area contributed by atoms with Crippen LogP contribution in [0.15, 0.2) is 90.9 Å². The third-order valence-corrected chi connectivity index (χ3v) is 7.74. The van der Waals surface area contributed by atoms with E-state index in [4.69, 9.17) is 0 Å². The molecule has 7 heteroatoms. The minimum absolute atomic E-state index is 0.0954. The van der Waals surface area contributed by atoms with E-state index >= 15 is 0 Å². The van der Waals surface area contributed by atoms with E-state index in [0.717, 1.165) is 47.3 Å². The SMILES string of the molecule is Cc1cnn(-c2ccc(F)cc2)c1C=C1CCC(CC(NC(=O)NCc2ccncc2)c2ccccc2)C1C. The molecule has 1 aliphatic rings. The van der Waals surface area contributed by atoms with Crippen molar-refractivity contribution in [3.63, 3.8) is 0 Å². The molecule has 0 bridgehead atoms. The van der Waals surface area contributed by atoms with Gasteiger partial charge in [-0.05, 0) is 97.2 Å². The van der Waals surface area contributed by atoms with Crippen molar-refractivity contribution in [3.05, 3.63) is 119 Å². The smallest absolute Gasteiger partial charge is 0.315 e. The second-order valence-corrected chi connectivity index (χ2v) is 10.3. The summed E-state index contributed by atoms with van der Waals surface area (Å²) in [5, 5.41) is 10.8. The van der Waals surface area contributed by atoms with E-state index in [0.29, 0.717) is 18.4 Å². The molecule has 2 aromatic carbocycles. The Kier molecular flexibility index (Phi) is 8.16. The van der Waals surface area contributed by atoms with Crippen LogP contribution in [-0.4, -0.2) is 20.8 Å². The highest BCUT2D eigenvalue weighted by atomic mass is 19.1. The van der Waals surface area contributed by atoms with Gasteiger partial charge in [-0.3, -0.25) is 4.98 Å². The van der Waals surface area contributed by atoms with Crippen LogP contribution in [-0.2, 0) is 6.54 Å². The molecule has 2 aromatic heterocycles. The number of carbonyl (C=O) groups excluding carboxylic acids is 1. The second-order valence-electron chi connectivity index (χ2n) is 10.3. The monoisotopic (exact) mass is 523 g/mol. The van der Waals surface area contributed by atoms with E-state index in [1.165, 1.54) is 17.7 Å². The molecule has 2 N–H and O–H groups in total. The zero-order valence-electron chi connectivity index (χ0n) is 22.3. The first-order chi connectivity index (χ1) is 19.0. The molecule has 6 nitrogen and oxygen atoms in total. The topological polar surface area (TPSA) is 71.8 Å². The number of aryl methyl sites for hydroxylation is 1. The average molecular weight is 524 g/mol. The van der Waals surface area contributed by atoms with Gasteiger partial charge in [0.05, 0.1) is 23.6 Å². The average Bonchev–Trinajstić information content (AvgIpc) is 3.50. The Labute approximate surface area is 229 Å². The van der Waals surface area contributed by atoms with Crippen LogP contribution in [0.2, 0.25) is 0 Å². The van der Waals surface area contributed by atoms with Crippen LogP contribution < -0.4 is 10.6 Å². The Morgan fingerprint density at radius 3 is 2.59 bits per heavy atom. The molecule has 1 aliphatic carbocycles. The standard InChI is InChI=1S/C32H34FN5O/c1-22-20-36-38(29-12-10-28(33)11-13-29)31(22)19-27-9-8-26(23(27)2)18-30(25-6-4-3-5-7-25)37-32(39)35-21-24-14-16-34-17-15-24/h3-7,10-17,19-20,23,26,30H,8-9,18,21H2,1-2H3,(H2,35,37,39). The summed E-state index contributed by atoms with van der Waals surface area (Å²) < 4.78 is 15.4. The van der Waals surface area contributed by atoms with Crippen LogP contribution in [0.1, 0.15) is 54.6 Å². The number of nitrogens with zero attached hydrogens (tertiary/aromatic N) is 3. The summed E-state index contributed by atoms with van der Waals surface area (Å²) in [5.41, 5.74) is 6.43. The van der Waals surface area contributed by atoms with Crippen LogP contribution in [0.3, 0.4) is 0 Å². The van der Waals surface area contributed by atoms with Crippen LogP contribution in [0, 0.1) is 24.6 Å². The summed E-state index contributed by atoms with van der Waals surface area (Å²) in [7, 11) is 0. The molecule has 1 saturated carbocycles. The number of aromatic nitrogens is 3. The zero-order chi connectivity index (χ0) is 27.2. The summed E-state index contributed by atoms with van der Waals surface area (Å²) in [6.45, 7) is 4.78. The summed E-state index contributed by atoms with van der Waals surface area (Å²) in [6, 6.07) is 20.1. The van der Waals surface area contributed by atoms with Gasteiger partial charge in [0.2, 0.25) is 0 Å². The molecule has 3 unspecified atom stereocenters. The van der Waals surface area contributed by atoms with Gasteiger partial charge >= 0.3 is 6.03 Å². The molecule has 2 amide bonds. The number of allylic oxidation sites excluding steroid dienone is 1. The fourth-order valence-electron chi connectivity index (χ4n) is 5.40. The molecular weight excluding hydrogens is 489 g/mol. The molecule has 200 valence electrons. The number of benzene rings is 2. The quantitative estimate of drug-likeness (QED) is 0.268. The van der Waals surface area contributed by atoms with Gasteiger partial charge in [0.25, 0.3) is 0 Å². The van der Waals surface area contributed by atoms with Crippen LogP contribution in [0.5, 0.6) is 0 Å². The van der Waals surface area contributed by atoms with Crippen molar-refractivity contribution in [2.24, 2.45) is 11.8 Å². The Balaban J connectivity index is 1.30. The number of rotatable bonds is 8. The predicted molar refractivity (Wildman–Crippen MR) is 152 cm³/mol. The molecule has 1 fully saturated rings. The Morgan fingerprint density at radius 2 is 1.85 bits per heavy atom. The summed E-state index contributed by atoms with van der Waals surface area (Å²) in [5.74, 6) is 0.515. The third kappa shape index (κ3) is 6.42. The lowest BCUT2D eigenvalue weighted by Crippen LogP contribution is -2.38. The second kappa shape index (κ2) is 12.1. The van der Waals surface area contributed by atoms with E-state index in [9.17, 15) is 9.18 Å². The van der Waals surface area contributed by atoms with E-state index in [1.807, 2.05) is 41.2 Å². The number of halogens is 1. The highest BCUT2D eigenvalue weighted by Crippen LogP contribution is 2.42. The molecule has 0 saturated heterocycles. The van der Waals surface area contributed by atoms with Gasteiger partial charge in [0, 0.05) is 18.9 Å². The number of hydrogen-bond acceptors (Lipinski definition) is 3. The summed E-state index contributed by atoms with van der Waals surface area (Å²) in [4.78, 5) is 16.9. The lowest BCUT2D eigenvalue weighted by atomic mass is 9.87. The first-order valence-electron chi connectivity index (χ1n) is 13.5. The van der Waals surface area contributed by atoms with Crippen molar-refractivity contribution in [1.82, 2.24) is 25.4 Å². The normalized spacial score (nSPS) is 18.7. The molecule has 4 aromatic rings. The molecule has 2 heterocycles. The number of carbonyl (C=O) groups is 1. The van der Waals surface area contributed by atoms with Gasteiger partial charge in [0.1, 0.15) is 5.82 Å². The molecule has 39 heavy (non-hydrogen) atoms. The van der Waals surface area contributed by atoms with Crippen molar-refractivity contribution in [2.45, 2.75) is 45.7 Å². The molecule has 5 rings (SSSR count). The third-order valence-electron chi connectivity index (χ3n) is 7.74. The van der Waals surface area contributed by atoms with Gasteiger partial charge in [-0.1, -0.05) is 42.8 Å². The number of hydrogen-bond donors (Lipinski definition) is 2. The van der Waals surface area contributed by atoms with Gasteiger partial charge in [0.15, 0.2) is 0 Å². The van der Waals surface area contributed by atoms with Crippen molar-refractivity contribution in [2.75, 3.05) is 0 Å². The van der Waals surface area contributed by atoms with E-state index in [2.05, 4.69) is 52.8 Å². The Hall–Kier alpha value is -4.26. The number of pyridine rings is 1. The molecule has 0 radical (unpaired) electrons. The first-order valence-corrected chi connectivity index (χ1v) is 13.5. The van der Waals surface area contributed by atoms with E-state index < -0.39 is 0 Å². The Bertz CT molecular complexity index is 1420. The lowest BCUT2D eigenvalue weighted by Gasteiger charge is -2.25. The summed E-state index contributed by atoms with van der Waals surface area (Å²) in [6.07, 6.45) is 10.5. The minimum Gasteiger partial charge on any atom is -0.334 e. The lowest BCUT2D eigenvalue weighted by molar-refractivity contribution is 0.232. The van der Waals surface area contributed by atoms with Crippen molar-refractivity contribution < 1.29 is 9.18 Å². The largest absolute Gasteiger partial charge is 0.334 e. The molecule has 0 spiro atoms. The molecule has 3 atom stereocenters.